The van der Waals surface area contributed by atoms with Gasteiger partial charge >= 0.3 is 6.09 Å². The Balaban J connectivity index is 2.27. The molecule has 1 amide bonds. The summed E-state index contributed by atoms with van der Waals surface area (Å²) in [6.45, 7) is 11.0. The van der Waals surface area contributed by atoms with Crippen LogP contribution in [0.15, 0.2) is 34.7 Å². The largest absolute Gasteiger partial charge is 0.453 e. The summed E-state index contributed by atoms with van der Waals surface area (Å²) in [5.74, 6) is -0.0447. The van der Waals surface area contributed by atoms with Crippen molar-refractivity contribution in [2.24, 2.45) is 5.41 Å². The molecular weight excluding hydrogens is 306 g/mol. The number of carbonyl (C=O) groups excluding carboxylic acids is 2. The van der Waals surface area contributed by atoms with Crippen LogP contribution < -0.4 is 5.32 Å². The van der Waals surface area contributed by atoms with Crippen LogP contribution in [0.3, 0.4) is 0 Å². The molecule has 0 bridgehead atoms. The summed E-state index contributed by atoms with van der Waals surface area (Å²) in [7, 11) is 0. The van der Waals surface area contributed by atoms with Gasteiger partial charge in [0.25, 0.3) is 0 Å². The van der Waals surface area contributed by atoms with Crippen LogP contribution in [-0.4, -0.2) is 23.5 Å². The Morgan fingerprint density at radius 1 is 1.08 bits per heavy atom. The molecule has 0 radical (unpaired) electrons. The predicted molar refractivity (Wildman–Crippen MR) is 93.2 cm³/mol. The molecule has 0 aliphatic heterocycles. The molecule has 1 N–H and O–H groups in total. The van der Waals surface area contributed by atoms with Crippen molar-refractivity contribution >= 4 is 22.8 Å². The molecular formula is C19H25NO4. The molecule has 24 heavy (non-hydrogen) atoms. The first kappa shape index (κ1) is 18.0. The normalized spacial score (nSPS) is 13.6. The second-order valence-electron chi connectivity index (χ2n) is 7.96. The highest BCUT2D eigenvalue weighted by Gasteiger charge is 2.36. The molecule has 2 aromatic rings. The first-order chi connectivity index (χ1) is 11.0. The number of hydrogen-bond acceptors (Lipinski definition) is 4. The van der Waals surface area contributed by atoms with Gasteiger partial charge in [0.1, 0.15) is 17.2 Å². The van der Waals surface area contributed by atoms with E-state index in [1.54, 1.807) is 32.9 Å². The van der Waals surface area contributed by atoms with Crippen molar-refractivity contribution in [1.82, 2.24) is 5.32 Å². The maximum absolute atomic E-state index is 12.9. The molecule has 1 unspecified atom stereocenters. The maximum atomic E-state index is 12.9. The van der Waals surface area contributed by atoms with Crippen LogP contribution in [0.2, 0.25) is 0 Å². The highest BCUT2D eigenvalue weighted by Crippen LogP contribution is 2.26. The summed E-state index contributed by atoms with van der Waals surface area (Å²) in [5.41, 5.74) is -0.479. The Morgan fingerprint density at radius 3 is 2.25 bits per heavy atom. The van der Waals surface area contributed by atoms with Crippen molar-refractivity contribution in [2.75, 3.05) is 0 Å². The zero-order valence-electron chi connectivity index (χ0n) is 15.1. The van der Waals surface area contributed by atoms with Crippen LogP contribution in [0.4, 0.5) is 4.79 Å². The quantitative estimate of drug-likeness (QED) is 0.837. The van der Waals surface area contributed by atoms with E-state index < -0.39 is 23.2 Å². The second-order valence-corrected chi connectivity index (χ2v) is 7.96. The second kappa shape index (κ2) is 6.30. The Bertz CT molecular complexity index is 714. The highest BCUT2D eigenvalue weighted by atomic mass is 16.6. The molecule has 5 nitrogen and oxygen atoms in total. The number of Topliss-reactive ketones (excluding diaryl/α,β-unsaturated/α-hetero) is 1. The van der Waals surface area contributed by atoms with E-state index >= 15 is 0 Å². The van der Waals surface area contributed by atoms with E-state index in [0.29, 0.717) is 5.58 Å². The smallest absolute Gasteiger partial charge is 0.408 e. The zero-order chi connectivity index (χ0) is 18.1. The lowest BCUT2D eigenvalue weighted by Gasteiger charge is -2.30. The fourth-order valence-corrected chi connectivity index (χ4v) is 2.35. The van der Waals surface area contributed by atoms with Crippen molar-refractivity contribution in [3.05, 3.63) is 36.1 Å². The number of furan rings is 1. The summed E-state index contributed by atoms with van der Waals surface area (Å²) < 4.78 is 10.9. The average Bonchev–Trinajstić information content (AvgIpc) is 2.84. The summed E-state index contributed by atoms with van der Waals surface area (Å²) in [6, 6.07) is 8.36. The van der Waals surface area contributed by atoms with Gasteiger partial charge in [-0.25, -0.2) is 4.79 Å². The van der Waals surface area contributed by atoms with Gasteiger partial charge in [0, 0.05) is 5.39 Å². The van der Waals surface area contributed by atoms with Gasteiger partial charge in [-0.15, -0.1) is 0 Å². The van der Waals surface area contributed by atoms with Crippen molar-refractivity contribution in [3.63, 3.8) is 0 Å². The summed E-state index contributed by atoms with van der Waals surface area (Å²) in [4.78, 5) is 25.0. The minimum absolute atomic E-state index is 0.229. The van der Waals surface area contributed by atoms with Gasteiger partial charge < -0.3 is 14.5 Å². The van der Waals surface area contributed by atoms with Gasteiger partial charge in [-0.05, 0) is 38.3 Å². The number of hydrogen-bond donors (Lipinski definition) is 1. The number of benzene rings is 1. The molecule has 0 saturated carbocycles. The number of amides is 1. The number of carbonyl (C=O) groups is 2. The third kappa shape index (κ3) is 4.37. The van der Waals surface area contributed by atoms with Crippen molar-refractivity contribution in [3.8, 4) is 0 Å². The SMILES string of the molecule is CC(C)(C)OC(=O)NC(C(=O)c1cc2ccccc2o1)C(C)(C)C. The first-order valence-electron chi connectivity index (χ1n) is 8.00. The fraction of sp³-hybridized carbons (Fsp3) is 0.474. The van der Waals surface area contributed by atoms with Gasteiger partial charge in [0.05, 0.1) is 0 Å². The number of rotatable bonds is 3. The average molecular weight is 331 g/mol. The van der Waals surface area contributed by atoms with Crippen LogP contribution >= 0.6 is 0 Å². The molecule has 5 heteroatoms. The molecule has 1 atom stereocenters. The van der Waals surface area contributed by atoms with Crippen LogP contribution in [0.25, 0.3) is 11.0 Å². The number of nitrogens with one attached hydrogen (secondary N) is 1. The number of ether oxygens (including phenoxy) is 1. The number of ketones is 1. The van der Waals surface area contributed by atoms with Crippen LogP contribution in [0, 0.1) is 5.41 Å². The van der Waals surface area contributed by atoms with E-state index in [4.69, 9.17) is 9.15 Å². The third-order valence-electron chi connectivity index (χ3n) is 3.46. The van der Waals surface area contributed by atoms with Crippen LogP contribution in [0.5, 0.6) is 0 Å². The van der Waals surface area contributed by atoms with E-state index in [1.165, 1.54) is 0 Å². The van der Waals surface area contributed by atoms with E-state index in [2.05, 4.69) is 5.32 Å². The van der Waals surface area contributed by atoms with Crippen LogP contribution in [-0.2, 0) is 4.74 Å². The monoisotopic (exact) mass is 331 g/mol. The Hall–Kier alpha value is -2.30. The minimum Gasteiger partial charge on any atom is -0.453 e. The molecule has 0 spiro atoms. The highest BCUT2D eigenvalue weighted by molar-refractivity contribution is 6.02. The lowest BCUT2D eigenvalue weighted by atomic mass is 9.83. The maximum Gasteiger partial charge on any atom is 0.408 e. The molecule has 130 valence electrons. The Morgan fingerprint density at radius 2 is 1.71 bits per heavy atom. The van der Waals surface area contributed by atoms with Crippen molar-refractivity contribution in [1.29, 1.82) is 0 Å². The first-order valence-corrected chi connectivity index (χ1v) is 8.00. The van der Waals surface area contributed by atoms with Crippen molar-refractivity contribution in [2.45, 2.75) is 53.2 Å². The molecule has 2 rings (SSSR count). The lowest BCUT2D eigenvalue weighted by molar-refractivity contribution is 0.0442. The third-order valence-corrected chi connectivity index (χ3v) is 3.46. The summed E-state index contributed by atoms with van der Waals surface area (Å²) >= 11 is 0. The number of fused-ring (bicyclic) bond motifs is 1. The summed E-state index contributed by atoms with van der Waals surface area (Å²) in [5, 5.41) is 3.54. The fourth-order valence-electron chi connectivity index (χ4n) is 2.35. The number of alkyl carbamates (subject to hydrolysis) is 1. The van der Waals surface area contributed by atoms with E-state index in [0.717, 1.165) is 5.39 Å². The number of para-hydroxylation sites is 1. The molecule has 1 aromatic heterocycles. The molecule has 0 aliphatic carbocycles. The van der Waals surface area contributed by atoms with Gasteiger partial charge in [-0.3, -0.25) is 4.79 Å². The van der Waals surface area contributed by atoms with Gasteiger partial charge in [-0.2, -0.15) is 0 Å². The lowest BCUT2D eigenvalue weighted by Crippen LogP contribution is -2.50. The molecule has 1 heterocycles. The van der Waals surface area contributed by atoms with E-state index in [1.807, 2.05) is 39.0 Å². The summed E-state index contributed by atoms with van der Waals surface area (Å²) in [6.07, 6.45) is -0.619. The van der Waals surface area contributed by atoms with Crippen molar-refractivity contribution < 1.29 is 18.7 Å². The standard InChI is InChI=1S/C19H25NO4/c1-18(2,3)16(20-17(22)24-19(4,5)6)15(21)14-11-12-9-7-8-10-13(12)23-14/h7-11,16H,1-6H3,(H,20,22). The molecule has 0 fully saturated rings. The molecule has 1 aromatic carbocycles. The molecule has 0 aliphatic rings. The van der Waals surface area contributed by atoms with Gasteiger partial charge in [0.15, 0.2) is 5.76 Å². The molecule has 0 saturated heterocycles. The Labute approximate surface area is 142 Å². The van der Waals surface area contributed by atoms with Crippen LogP contribution in [0.1, 0.15) is 52.1 Å². The Kier molecular flexibility index (Phi) is 4.74. The van der Waals surface area contributed by atoms with E-state index in [-0.39, 0.29) is 11.5 Å². The predicted octanol–water partition coefficient (Wildman–Crippen LogP) is 4.55. The van der Waals surface area contributed by atoms with E-state index in [9.17, 15) is 9.59 Å². The topological polar surface area (TPSA) is 68.5 Å². The zero-order valence-corrected chi connectivity index (χ0v) is 15.1. The van der Waals surface area contributed by atoms with Gasteiger partial charge in [-0.1, -0.05) is 39.0 Å². The van der Waals surface area contributed by atoms with Gasteiger partial charge in [0.2, 0.25) is 5.78 Å². The minimum atomic E-state index is -0.757.